The van der Waals surface area contributed by atoms with E-state index in [1.54, 1.807) is 47.0 Å². The minimum atomic E-state index is -0.207. The average Bonchev–Trinajstić information content (AvgIpc) is 3.22. The largest absolute Gasteiger partial charge is 0.352 e. The smallest absolute Gasteiger partial charge is 0.251 e. The maximum absolute atomic E-state index is 12.9. The number of benzene rings is 1. The van der Waals surface area contributed by atoms with Crippen LogP contribution in [0.1, 0.15) is 70.5 Å². The first kappa shape index (κ1) is 19.8. The number of aromatic nitrogens is 2. The molecule has 6 nitrogen and oxygen atoms in total. The summed E-state index contributed by atoms with van der Waals surface area (Å²) in [5.41, 5.74) is 2.45. The molecule has 0 radical (unpaired) electrons. The zero-order chi connectivity index (χ0) is 20.9. The van der Waals surface area contributed by atoms with E-state index in [1.807, 2.05) is 0 Å². The number of rotatable bonds is 6. The molecule has 1 aromatic carbocycles. The van der Waals surface area contributed by atoms with E-state index in [4.69, 9.17) is 5.26 Å². The second-order valence-electron chi connectivity index (χ2n) is 7.86. The summed E-state index contributed by atoms with van der Waals surface area (Å²) < 4.78 is 1.62. The van der Waals surface area contributed by atoms with Crippen LogP contribution in [0.3, 0.4) is 0 Å². The predicted octanol–water partition coefficient (Wildman–Crippen LogP) is 4.14. The number of pyridine rings is 1. The van der Waals surface area contributed by atoms with Gasteiger partial charge in [-0.1, -0.05) is 44.2 Å². The summed E-state index contributed by atoms with van der Waals surface area (Å²) in [5, 5.41) is 12.1. The number of nitriles is 1. The van der Waals surface area contributed by atoms with Gasteiger partial charge < -0.3 is 5.32 Å². The molecule has 2 heterocycles. The summed E-state index contributed by atoms with van der Waals surface area (Å²) in [5.74, 6) is 0.409. The maximum Gasteiger partial charge on any atom is 0.251 e. The van der Waals surface area contributed by atoms with Gasteiger partial charge in [-0.2, -0.15) is 5.26 Å². The first-order valence-electron chi connectivity index (χ1n) is 10.5. The molecule has 30 heavy (non-hydrogen) atoms. The van der Waals surface area contributed by atoms with Crippen LogP contribution in [0.2, 0.25) is 0 Å². The van der Waals surface area contributed by atoms with Crippen molar-refractivity contribution in [2.75, 3.05) is 6.54 Å². The molecule has 0 unspecified atom stereocenters. The highest BCUT2D eigenvalue weighted by molar-refractivity contribution is 6.08. The number of nitrogens with zero attached hydrogens (tertiary/aromatic N) is 3. The molecule has 0 saturated heterocycles. The Labute approximate surface area is 175 Å². The Kier molecular flexibility index (Phi) is 5.89. The predicted molar refractivity (Wildman–Crippen MR) is 113 cm³/mol. The topological polar surface area (TPSA) is 87.3 Å². The number of hydrogen-bond donors (Lipinski definition) is 1. The van der Waals surface area contributed by atoms with Crippen LogP contribution in [0.5, 0.6) is 0 Å². The summed E-state index contributed by atoms with van der Waals surface area (Å²) in [6.07, 6.45) is 10.6. The summed E-state index contributed by atoms with van der Waals surface area (Å²) in [7, 11) is 0. The van der Waals surface area contributed by atoms with Crippen molar-refractivity contribution >= 4 is 17.3 Å². The molecule has 1 aliphatic carbocycles. The van der Waals surface area contributed by atoms with Crippen LogP contribution in [-0.2, 0) is 0 Å². The first-order chi connectivity index (χ1) is 14.7. The number of ketones is 1. The van der Waals surface area contributed by atoms with E-state index in [9.17, 15) is 9.59 Å². The number of carbonyl (C=O) groups is 2. The molecule has 1 amide bonds. The van der Waals surface area contributed by atoms with Crippen LogP contribution in [0.4, 0.5) is 0 Å². The van der Waals surface area contributed by atoms with Gasteiger partial charge in [0.25, 0.3) is 5.91 Å². The van der Waals surface area contributed by atoms with Crippen LogP contribution < -0.4 is 5.32 Å². The number of imidazole rings is 1. The van der Waals surface area contributed by atoms with Gasteiger partial charge >= 0.3 is 0 Å². The summed E-state index contributed by atoms with van der Waals surface area (Å²) in [4.78, 5) is 29.5. The minimum absolute atomic E-state index is 0.113. The number of nitrogens with one attached hydrogen (secondary N) is 1. The van der Waals surface area contributed by atoms with Gasteiger partial charge in [0.15, 0.2) is 0 Å². The van der Waals surface area contributed by atoms with E-state index in [0.29, 0.717) is 34.6 Å². The third kappa shape index (κ3) is 4.25. The molecule has 0 spiro atoms. The highest BCUT2D eigenvalue weighted by Gasteiger charge is 2.16. The van der Waals surface area contributed by atoms with Crippen LogP contribution in [0.25, 0.3) is 5.65 Å². The fraction of sp³-hybridized carbons (Fsp3) is 0.333. The molecule has 2 aromatic heterocycles. The van der Waals surface area contributed by atoms with Crippen molar-refractivity contribution in [3.05, 3.63) is 71.2 Å². The van der Waals surface area contributed by atoms with E-state index in [-0.39, 0.29) is 11.7 Å². The lowest BCUT2D eigenvalue weighted by Crippen LogP contribution is -2.26. The lowest BCUT2D eigenvalue weighted by atomic mass is 9.87. The third-order valence-electron chi connectivity index (χ3n) is 5.84. The highest BCUT2D eigenvalue weighted by Crippen LogP contribution is 2.25. The normalized spacial score (nSPS) is 14.4. The molecule has 4 rings (SSSR count). The Bertz CT molecular complexity index is 1100. The Morgan fingerprint density at radius 3 is 2.53 bits per heavy atom. The first-order valence-corrected chi connectivity index (χ1v) is 10.5. The number of carbonyl (C=O) groups excluding carboxylic acids is 2. The Balaban J connectivity index is 1.41. The van der Waals surface area contributed by atoms with Crippen molar-refractivity contribution in [1.29, 1.82) is 5.26 Å². The second-order valence-corrected chi connectivity index (χ2v) is 7.86. The van der Waals surface area contributed by atoms with Gasteiger partial charge in [0, 0.05) is 23.9 Å². The van der Waals surface area contributed by atoms with Gasteiger partial charge in [0.05, 0.1) is 11.8 Å². The molecular weight excluding hydrogens is 376 g/mol. The van der Waals surface area contributed by atoms with Crippen LogP contribution in [-0.4, -0.2) is 27.6 Å². The van der Waals surface area contributed by atoms with Gasteiger partial charge in [-0.15, -0.1) is 0 Å². The van der Waals surface area contributed by atoms with E-state index >= 15 is 0 Å². The van der Waals surface area contributed by atoms with Crippen molar-refractivity contribution in [3.8, 4) is 6.07 Å². The minimum Gasteiger partial charge on any atom is -0.352 e. The molecule has 3 aromatic rings. The number of fused-ring (bicyclic) bond motifs is 1. The van der Waals surface area contributed by atoms with Crippen molar-refractivity contribution in [3.63, 3.8) is 0 Å². The Morgan fingerprint density at radius 2 is 1.80 bits per heavy atom. The lowest BCUT2D eigenvalue weighted by molar-refractivity contribution is 0.0948. The van der Waals surface area contributed by atoms with E-state index in [1.165, 1.54) is 38.3 Å². The van der Waals surface area contributed by atoms with Gasteiger partial charge in [-0.3, -0.25) is 14.0 Å². The van der Waals surface area contributed by atoms with Crippen LogP contribution in [0, 0.1) is 17.2 Å². The van der Waals surface area contributed by atoms with E-state index in [2.05, 4.69) is 16.4 Å². The van der Waals surface area contributed by atoms with E-state index < -0.39 is 0 Å². The van der Waals surface area contributed by atoms with Gasteiger partial charge in [0.1, 0.15) is 17.4 Å². The third-order valence-corrected chi connectivity index (χ3v) is 5.84. The Morgan fingerprint density at radius 1 is 1.07 bits per heavy atom. The van der Waals surface area contributed by atoms with Crippen LogP contribution >= 0.6 is 0 Å². The van der Waals surface area contributed by atoms with Gasteiger partial charge in [0.2, 0.25) is 5.78 Å². The molecule has 0 bridgehead atoms. The lowest BCUT2D eigenvalue weighted by Gasteiger charge is -2.21. The maximum atomic E-state index is 12.9. The summed E-state index contributed by atoms with van der Waals surface area (Å²) in [6.45, 7) is 0.688. The molecule has 1 aliphatic rings. The Hall–Kier alpha value is -3.46. The standard InChI is InChI=1S/C24H24N4O2/c25-14-18-6-11-22-27-15-21(28(22)16-18)23(29)19-7-9-20(10-8-19)24(30)26-13-12-17-4-2-1-3-5-17/h6-11,15-17H,1-5,12-13H2,(H,26,30). The average molecular weight is 400 g/mol. The van der Waals surface area contributed by atoms with Crippen molar-refractivity contribution in [2.24, 2.45) is 5.92 Å². The van der Waals surface area contributed by atoms with Crippen LogP contribution in [0.15, 0.2) is 48.8 Å². The molecular formula is C24H24N4O2. The number of amides is 1. The second kappa shape index (κ2) is 8.91. The molecule has 0 atom stereocenters. The number of hydrogen-bond acceptors (Lipinski definition) is 4. The monoisotopic (exact) mass is 400 g/mol. The van der Waals surface area contributed by atoms with Crippen molar-refractivity contribution in [2.45, 2.75) is 38.5 Å². The summed E-state index contributed by atoms with van der Waals surface area (Å²) >= 11 is 0. The summed E-state index contributed by atoms with van der Waals surface area (Å²) in [6, 6.07) is 12.1. The molecule has 1 saturated carbocycles. The zero-order valence-corrected chi connectivity index (χ0v) is 16.8. The fourth-order valence-corrected chi connectivity index (χ4v) is 4.10. The molecule has 1 N–H and O–H groups in total. The molecule has 6 heteroatoms. The molecule has 1 fully saturated rings. The quantitative estimate of drug-likeness (QED) is 0.630. The zero-order valence-electron chi connectivity index (χ0n) is 16.8. The van der Waals surface area contributed by atoms with Crippen molar-refractivity contribution in [1.82, 2.24) is 14.7 Å². The van der Waals surface area contributed by atoms with Gasteiger partial charge in [-0.05, 0) is 36.6 Å². The highest BCUT2D eigenvalue weighted by atomic mass is 16.1. The van der Waals surface area contributed by atoms with Crippen molar-refractivity contribution < 1.29 is 9.59 Å². The fourth-order valence-electron chi connectivity index (χ4n) is 4.10. The van der Waals surface area contributed by atoms with Gasteiger partial charge in [-0.25, -0.2) is 4.98 Å². The van der Waals surface area contributed by atoms with E-state index in [0.717, 1.165) is 12.3 Å². The molecule has 0 aliphatic heterocycles. The molecule has 152 valence electrons. The SMILES string of the molecule is N#Cc1ccc2ncc(C(=O)c3ccc(C(=O)NCCC4CCCCC4)cc3)n2c1.